The van der Waals surface area contributed by atoms with Crippen molar-refractivity contribution in [2.24, 2.45) is 11.8 Å². The van der Waals surface area contributed by atoms with E-state index in [2.05, 4.69) is 20.8 Å². The maximum Gasteiger partial charge on any atom is 0.351 e. The number of carbonyl (C=O) groups excluding carboxylic acids is 4. The van der Waals surface area contributed by atoms with Crippen LogP contribution in [0.15, 0.2) is 85.5 Å². The van der Waals surface area contributed by atoms with Gasteiger partial charge in [-0.25, -0.2) is 19.6 Å². The molecule has 0 bridgehead atoms. The molecule has 2 N–H and O–H groups in total. The molecule has 4 atom stereocenters. The van der Waals surface area contributed by atoms with E-state index in [-0.39, 0.29) is 36.5 Å². The number of aryl methyl sites for hydroxylation is 2. The third-order valence-electron chi connectivity index (χ3n) is 8.48. The minimum Gasteiger partial charge on any atom is -0.344 e. The molecule has 2 aliphatic rings. The molecule has 2 aromatic carbocycles. The number of benzene rings is 2. The van der Waals surface area contributed by atoms with E-state index in [0.29, 0.717) is 0 Å². The molecule has 0 radical (unpaired) electrons. The van der Waals surface area contributed by atoms with Gasteiger partial charge in [0.1, 0.15) is 11.6 Å². The summed E-state index contributed by atoms with van der Waals surface area (Å²) >= 11 is 0. The van der Waals surface area contributed by atoms with Crippen molar-refractivity contribution in [1.82, 2.24) is 40.3 Å². The molecule has 2 aromatic heterocycles. The number of aromatic nitrogens is 4. The largest absolute Gasteiger partial charge is 0.351 e. The van der Waals surface area contributed by atoms with Crippen molar-refractivity contribution in [3.63, 3.8) is 0 Å². The molecule has 6 rings (SSSR count). The van der Waals surface area contributed by atoms with Crippen LogP contribution in [0.25, 0.3) is 11.4 Å². The van der Waals surface area contributed by atoms with Gasteiger partial charge >= 0.3 is 11.9 Å². The summed E-state index contributed by atoms with van der Waals surface area (Å²) in [5.41, 5.74) is 8.66. The summed E-state index contributed by atoms with van der Waals surface area (Å²) in [6, 6.07) is 14.3. The highest BCUT2D eigenvalue weighted by molar-refractivity contribution is 5.91. The highest BCUT2D eigenvalue weighted by Gasteiger charge is 2.38. The van der Waals surface area contributed by atoms with Crippen molar-refractivity contribution in [2.45, 2.75) is 52.6 Å². The number of imidazole rings is 2. The number of carbonyl (C=O) groups is 4. The molecule has 48 heavy (non-hydrogen) atoms. The Bertz CT molecular complexity index is 1710. The van der Waals surface area contributed by atoms with Crippen LogP contribution >= 0.6 is 0 Å². The van der Waals surface area contributed by atoms with Crippen molar-refractivity contribution in [1.29, 1.82) is 0 Å². The van der Waals surface area contributed by atoms with Gasteiger partial charge in [-0.2, -0.15) is 0 Å². The number of rotatable bonds is 8. The first-order valence-corrected chi connectivity index (χ1v) is 15.6. The number of amides is 2. The third kappa shape index (κ3) is 6.89. The molecule has 2 amide bonds. The van der Waals surface area contributed by atoms with E-state index in [0.717, 1.165) is 56.6 Å². The predicted octanol–water partition coefficient (Wildman–Crippen LogP) is 3.68. The van der Waals surface area contributed by atoms with Crippen LogP contribution in [0.5, 0.6) is 0 Å². The Balaban J connectivity index is 1.12. The second kappa shape index (κ2) is 13.6. The fourth-order valence-corrected chi connectivity index (χ4v) is 6.19. The van der Waals surface area contributed by atoms with Crippen LogP contribution in [-0.2, 0) is 28.9 Å². The Morgan fingerprint density at radius 1 is 0.688 bits per heavy atom. The summed E-state index contributed by atoms with van der Waals surface area (Å²) in [5, 5.41) is 2.23. The van der Waals surface area contributed by atoms with Gasteiger partial charge in [-0.05, 0) is 71.4 Å². The smallest absolute Gasteiger partial charge is 0.344 e. The van der Waals surface area contributed by atoms with Gasteiger partial charge in [0.25, 0.3) is 0 Å². The minimum atomic E-state index is -0.907. The SMILES string of the molecule is Cc1nccn1-c1ccc(C2C(C)CC(=O)NN2OC(=O)/C=C/C(=O)ON2NC(=O)CC(C)C2c2ccc(-n3ccnc3C)cc2)cc1. The molecule has 2 saturated heterocycles. The molecular weight excluding hydrogens is 616 g/mol. The molecule has 2 aliphatic heterocycles. The van der Waals surface area contributed by atoms with Crippen molar-refractivity contribution in [3.05, 3.63) is 108 Å². The standard InChI is InChI=1S/C34H36N8O6/c1-21-19-29(43)37-41(33(21)25-5-9-27(10-6-25)39-17-15-35-23(39)3)47-31(45)13-14-32(46)48-42-34(22(2)20-30(44)38-42)26-7-11-28(12-8-26)40-18-16-36-24(40)4/h5-18,21-22,33-34H,19-20H2,1-4H3,(H,37,43)(H,38,44)/b14-13+. The van der Waals surface area contributed by atoms with Crippen LogP contribution in [0.3, 0.4) is 0 Å². The zero-order valence-corrected chi connectivity index (χ0v) is 26.9. The average Bonchev–Trinajstić information content (AvgIpc) is 3.67. The summed E-state index contributed by atoms with van der Waals surface area (Å²) in [7, 11) is 0. The third-order valence-corrected chi connectivity index (χ3v) is 8.48. The number of nitrogens with one attached hydrogen (secondary N) is 2. The predicted molar refractivity (Wildman–Crippen MR) is 171 cm³/mol. The van der Waals surface area contributed by atoms with Gasteiger partial charge in [-0.1, -0.05) is 38.1 Å². The Labute approximate surface area is 276 Å². The summed E-state index contributed by atoms with van der Waals surface area (Å²) in [6.45, 7) is 7.59. The monoisotopic (exact) mass is 652 g/mol. The van der Waals surface area contributed by atoms with E-state index >= 15 is 0 Å². The van der Waals surface area contributed by atoms with Crippen molar-refractivity contribution >= 4 is 23.8 Å². The van der Waals surface area contributed by atoms with Crippen LogP contribution in [0.2, 0.25) is 0 Å². The van der Waals surface area contributed by atoms with Gasteiger partial charge in [0.2, 0.25) is 11.8 Å². The van der Waals surface area contributed by atoms with Crippen LogP contribution in [-0.4, -0.2) is 53.2 Å². The molecule has 2 fully saturated rings. The van der Waals surface area contributed by atoms with Gasteiger partial charge in [0.15, 0.2) is 0 Å². The molecule has 0 aliphatic carbocycles. The van der Waals surface area contributed by atoms with Gasteiger partial charge in [-0.3, -0.25) is 20.4 Å². The average molecular weight is 653 g/mol. The lowest BCUT2D eigenvalue weighted by Crippen LogP contribution is -2.52. The van der Waals surface area contributed by atoms with E-state index in [1.807, 2.05) is 97.8 Å². The zero-order chi connectivity index (χ0) is 33.9. The number of nitrogens with zero attached hydrogens (tertiary/aromatic N) is 6. The Morgan fingerprint density at radius 3 is 1.40 bits per heavy atom. The maximum absolute atomic E-state index is 12.9. The molecule has 4 heterocycles. The van der Waals surface area contributed by atoms with Crippen LogP contribution in [0.1, 0.15) is 61.5 Å². The minimum absolute atomic E-state index is 0.194. The quantitative estimate of drug-likeness (QED) is 0.270. The van der Waals surface area contributed by atoms with Crippen molar-refractivity contribution in [3.8, 4) is 11.4 Å². The normalized spacial score (nSPS) is 21.9. The highest BCUT2D eigenvalue weighted by Crippen LogP contribution is 2.35. The fraction of sp³-hybridized carbons (Fsp3) is 0.294. The first kappa shape index (κ1) is 32.3. The van der Waals surface area contributed by atoms with E-state index in [1.54, 1.807) is 12.4 Å². The van der Waals surface area contributed by atoms with Crippen LogP contribution in [0, 0.1) is 25.7 Å². The van der Waals surface area contributed by atoms with E-state index in [4.69, 9.17) is 9.68 Å². The van der Waals surface area contributed by atoms with E-state index < -0.39 is 24.0 Å². The Kier molecular flexibility index (Phi) is 9.19. The molecule has 248 valence electrons. The Hall–Kier alpha value is -5.60. The second-order valence-electron chi connectivity index (χ2n) is 12.0. The summed E-state index contributed by atoms with van der Waals surface area (Å²) in [6.07, 6.45) is 9.44. The van der Waals surface area contributed by atoms with Crippen molar-refractivity contribution < 1.29 is 28.9 Å². The number of hydrazine groups is 2. The number of hydrogen-bond acceptors (Lipinski definition) is 10. The second-order valence-corrected chi connectivity index (χ2v) is 12.0. The number of hydrogen-bond donors (Lipinski definition) is 2. The molecule has 14 nitrogen and oxygen atoms in total. The molecule has 4 aromatic rings. The fourth-order valence-electron chi connectivity index (χ4n) is 6.19. The topological polar surface area (TPSA) is 153 Å². The van der Waals surface area contributed by atoms with E-state index in [1.165, 1.54) is 0 Å². The lowest BCUT2D eigenvalue weighted by Gasteiger charge is -2.37. The van der Waals surface area contributed by atoms with Crippen LogP contribution in [0.4, 0.5) is 0 Å². The number of hydroxylamine groups is 2. The highest BCUT2D eigenvalue weighted by atomic mass is 16.7. The summed E-state index contributed by atoms with van der Waals surface area (Å²) in [4.78, 5) is 70.0. The molecule has 0 spiro atoms. The van der Waals surface area contributed by atoms with Crippen LogP contribution < -0.4 is 10.9 Å². The summed E-state index contributed by atoms with van der Waals surface area (Å²) in [5.74, 6) is -1.15. The van der Waals surface area contributed by atoms with E-state index in [9.17, 15) is 19.2 Å². The zero-order valence-electron chi connectivity index (χ0n) is 26.9. The molecular formula is C34H36N8O6. The first-order chi connectivity index (χ1) is 23.1. The Morgan fingerprint density at radius 2 is 1.06 bits per heavy atom. The maximum atomic E-state index is 12.9. The van der Waals surface area contributed by atoms with Gasteiger partial charge in [0, 0.05) is 61.2 Å². The molecule has 14 heteroatoms. The lowest BCUT2D eigenvalue weighted by atomic mass is 9.90. The van der Waals surface area contributed by atoms with Gasteiger partial charge in [-0.15, -0.1) is 0 Å². The van der Waals surface area contributed by atoms with Crippen molar-refractivity contribution in [2.75, 3.05) is 0 Å². The first-order valence-electron chi connectivity index (χ1n) is 15.6. The van der Waals surface area contributed by atoms with Gasteiger partial charge in [0.05, 0.1) is 12.1 Å². The molecule has 4 unspecified atom stereocenters. The summed E-state index contributed by atoms with van der Waals surface area (Å²) < 4.78 is 3.88. The lowest BCUT2D eigenvalue weighted by molar-refractivity contribution is -0.234. The molecule has 0 saturated carbocycles. The van der Waals surface area contributed by atoms with Gasteiger partial charge < -0.3 is 18.8 Å².